The fourth-order valence-electron chi connectivity index (χ4n) is 5.44. The van der Waals surface area contributed by atoms with Crippen molar-refractivity contribution in [2.75, 3.05) is 13.2 Å². The van der Waals surface area contributed by atoms with Gasteiger partial charge in [-0.05, 0) is 52.9 Å². The molecule has 1 aliphatic rings. The molecule has 0 saturated carbocycles. The van der Waals surface area contributed by atoms with Crippen molar-refractivity contribution in [3.05, 3.63) is 60.7 Å². The third-order valence-electron chi connectivity index (χ3n) is 7.52. The molecule has 5 heteroatoms. The molecule has 0 bridgehead atoms. The number of carbonyl (C=O) groups is 1. The van der Waals surface area contributed by atoms with E-state index in [-0.39, 0.29) is 23.2 Å². The van der Waals surface area contributed by atoms with Crippen molar-refractivity contribution in [2.24, 2.45) is 11.8 Å². The van der Waals surface area contributed by atoms with E-state index in [4.69, 9.17) is 13.9 Å². The van der Waals surface area contributed by atoms with E-state index in [0.717, 1.165) is 25.7 Å². The van der Waals surface area contributed by atoms with Crippen LogP contribution in [0.5, 0.6) is 0 Å². The van der Waals surface area contributed by atoms with E-state index < -0.39 is 8.32 Å². The average molecular weight is 497 g/mol. The van der Waals surface area contributed by atoms with E-state index in [1.165, 1.54) is 17.3 Å². The normalized spacial score (nSPS) is 21.9. The maximum atomic E-state index is 11.0. The lowest BCUT2D eigenvalue weighted by atomic mass is 9.87. The predicted octanol–water partition coefficient (Wildman–Crippen LogP) is 5.73. The number of hydrogen-bond acceptors (Lipinski definition) is 4. The third kappa shape index (κ3) is 6.84. The minimum atomic E-state index is -2.58. The SMILES string of the molecule is CC(=O)OCCC[C@@H](C)[C@H]1CC[C@H](C)[C@@H](CO[Si](c2ccccc2)(c2ccccc2)C(C)(C)C)O1. The summed E-state index contributed by atoms with van der Waals surface area (Å²) in [5.41, 5.74) is 0. The largest absolute Gasteiger partial charge is 0.466 e. The lowest BCUT2D eigenvalue weighted by Crippen LogP contribution is -2.67. The van der Waals surface area contributed by atoms with E-state index >= 15 is 0 Å². The van der Waals surface area contributed by atoms with Crippen LogP contribution in [0.25, 0.3) is 0 Å². The van der Waals surface area contributed by atoms with Gasteiger partial charge in [0.1, 0.15) is 0 Å². The van der Waals surface area contributed by atoms with Crippen molar-refractivity contribution in [3.8, 4) is 0 Å². The summed E-state index contributed by atoms with van der Waals surface area (Å²) in [6.45, 7) is 14.1. The van der Waals surface area contributed by atoms with Crippen molar-refractivity contribution >= 4 is 24.7 Å². The van der Waals surface area contributed by atoms with Crippen LogP contribution in [0.1, 0.15) is 67.2 Å². The van der Waals surface area contributed by atoms with Gasteiger partial charge in [0.15, 0.2) is 0 Å². The molecule has 1 saturated heterocycles. The highest BCUT2D eigenvalue weighted by Crippen LogP contribution is 2.38. The highest BCUT2D eigenvalue weighted by Gasteiger charge is 2.50. The Balaban J connectivity index is 1.78. The number of carbonyl (C=O) groups excluding carboxylic acids is 1. The summed E-state index contributed by atoms with van der Waals surface area (Å²) in [6.07, 6.45) is 4.38. The van der Waals surface area contributed by atoms with Crippen molar-refractivity contribution in [2.45, 2.75) is 84.5 Å². The Labute approximate surface area is 213 Å². The Kier molecular flexibility index (Phi) is 9.74. The van der Waals surface area contributed by atoms with Gasteiger partial charge in [0.25, 0.3) is 8.32 Å². The van der Waals surface area contributed by atoms with Crippen LogP contribution in [0.15, 0.2) is 60.7 Å². The molecule has 192 valence electrons. The Morgan fingerprint density at radius 2 is 1.60 bits per heavy atom. The first-order chi connectivity index (χ1) is 16.6. The molecule has 0 amide bonds. The molecule has 0 aromatic heterocycles. The van der Waals surface area contributed by atoms with Gasteiger partial charge in [0.2, 0.25) is 0 Å². The molecule has 3 rings (SSSR count). The molecule has 1 heterocycles. The summed E-state index contributed by atoms with van der Waals surface area (Å²) in [5.74, 6) is 0.673. The van der Waals surface area contributed by atoms with Gasteiger partial charge in [-0.25, -0.2) is 0 Å². The number of esters is 1. The molecule has 2 aromatic carbocycles. The summed E-state index contributed by atoms with van der Waals surface area (Å²) in [4.78, 5) is 11.0. The molecule has 0 unspecified atom stereocenters. The van der Waals surface area contributed by atoms with Crippen LogP contribution in [0.4, 0.5) is 0 Å². The number of hydrogen-bond donors (Lipinski definition) is 0. The van der Waals surface area contributed by atoms with Gasteiger partial charge in [0.05, 0.1) is 25.4 Å². The Morgan fingerprint density at radius 3 is 2.11 bits per heavy atom. The molecular weight excluding hydrogens is 452 g/mol. The quantitative estimate of drug-likeness (QED) is 0.240. The molecule has 4 nitrogen and oxygen atoms in total. The summed E-state index contributed by atoms with van der Waals surface area (Å²) in [6, 6.07) is 21.6. The molecule has 4 atom stereocenters. The van der Waals surface area contributed by atoms with Crippen molar-refractivity contribution in [1.29, 1.82) is 0 Å². The minimum Gasteiger partial charge on any atom is -0.466 e. The van der Waals surface area contributed by atoms with Gasteiger partial charge in [0, 0.05) is 6.92 Å². The van der Waals surface area contributed by atoms with Gasteiger partial charge < -0.3 is 13.9 Å². The van der Waals surface area contributed by atoms with Crippen molar-refractivity contribution in [3.63, 3.8) is 0 Å². The van der Waals surface area contributed by atoms with Crippen LogP contribution in [0.2, 0.25) is 5.04 Å². The first-order valence-corrected chi connectivity index (χ1v) is 15.1. The molecule has 35 heavy (non-hydrogen) atoms. The zero-order valence-corrected chi connectivity index (χ0v) is 23.5. The summed E-state index contributed by atoms with van der Waals surface area (Å²) < 4.78 is 19.0. The molecule has 2 aromatic rings. The number of benzene rings is 2. The van der Waals surface area contributed by atoms with Crippen molar-refractivity contribution < 1.29 is 18.7 Å². The van der Waals surface area contributed by atoms with Crippen LogP contribution in [0, 0.1) is 11.8 Å². The first-order valence-electron chi connectivity index (χ1n) is 13.2. The average Bonchev–Trinajstić information content (AvgIpc) is 2.83. The molecule has 1 fully saturated rings. The van der Waals surface area contributed by atoms with Gasteiger partial charge >= 0.3 is 5.97 Å². The molecule has 0 N–H and O–H groups in total. The zero-order chi connectivity index (χ0) is 25.5. The van der Waals surface area contributed by atoms with Gasteiger partial charge in [-0.1, -0.05) is 95.3 Å². The second-order valence-electron chi connectivity index (χ2n) is 11.2. The molecule has 0 radical (unpaired) electrons. The predicted molar refractivity (Wildman–Crippen MR) is 146 cm³/mol. The molecular formula is C30H44O4Si. The van der Waals surface area contributed by atoms with E-state index in [2.05, 4.69) is 95.3 Å². The molecule has 0 aliphatic carbocycles. The molecule has 0 spiro atoms. The maximum absolute atomic E-state index is 11.0. The van der Waals surface area contributed by atoms with Crippen LogP contribution < -0.4 is 10.4 Å². The topological polar surface area (TPSA) is 44.8 Å². The summed E-state index contributed by atoms with van der Waals surface area (Å²) in [7, 11) is -2.58. The smallest absolute Gasteiger partial charge is 0.302 e. The highest BCUT2D eigenvalue weighted by molar-refractivity contribution is 6.99. The lowest BCUT2D eigenvalue weighted by molar-refractivity contribution is -0.141. The van der Waals surface area contributed by atoms with Gasteiger partial charge in [-0.3, -0.25) is 4.79 Å². The third-order valence-corrected chi connectivity index (χ3v) is 12.5. The molecule has 1 aliphatic heterocycles. The van der Waals surface area contributed by atoms with E-state index in [1.54, 1.807) is 0 Å². The van der Waals surface area contributed by atoms with Crippen molar-refractivity contribution in [1.82, 2.24) is 0 Å². The van der Waals surface area contributed by atoms with Crippen LogP contribution in [-0.2, 0) is 18.7 Å². The first kappa shape index (κ1) is 27.6. The van der Waals surface area contributed by atoms with Gasteiger partial charge in [-0.15, -0.1) is 0 Å². The Hall–Kier alpha value is -1.95. The van der Waals surface area contributed by atoms with E-state index in [0.29, 0.717) is 25.0 Å². The number of ether oxygens (including phenoxy) is 2. The second-order valence-corrected chi connectivity index (χ2v) is 15.5. The van der Waals surface area contributed by atoms with E-state index in [1.807, 2.05) is 0 Å². The second kappa shape index (κ2) is 12.3. The van der Waals surface area contributed by atoms with Crippen LogP contribution in [-0.4, -0.2) is 39.7 Å². The summed E-state index contributed by atoms with van der Waals surface area (Å²) in [5, 5.41) is 2.56. The van der Waals surface area contributed by atoms with Crippen LogP contribution in [0.3, 0.4) is 0 Å². The Morgan fingerprint density at radius 1 is 1.03 bits per heavy atom. The fraction of sp³-hybridized carbons (Fsp3) is 0.567. The maximum Gasteiger partial charge on any atom is 0.302 e. The fourth-order valence-corrected chi connectivity index (χ4v) is 10.0. The van der Waals surface area contributed by atoms with E-state index in [9.17, 15) is 4.79 Å². The number of rotatable bonds is 10. The van der Waals surface area contributed by atoms with Gasteiger partial charge in [-0.2, -0.15) is 0 Å². The minimum absolute atomic E-state index is 0.0446. The highest BCUT2D eigenvalue weighted by atomic mass is 28.4. The lowest BCUT2D eigenvalue weighted by Gasteiger charge is -2.45. The standard InChI is InChI=1S/C30H44O4Si/c1-23(14-13-21-32-25(3)31)28-20-19-24(2)29(34-28)22-33-35(30(4,5)6,26-15-9-7-10-16-26)27-17-11-8-12-18-27/h7-12,15-18,23-24,28-29H,13-14,19-22H2,1-6H3/t23-,24+,28-,29-/m1/s1. The van der Waals surface area contributed by atoms with Crippen LogP contribution >= 0.6 is 0 Å². The zero-order valence-electron chi connectivity index (χ0n) is 22.5. The summed E-state index contributed by atoms with van der Waals surface area (Å²) >= 11 is 0. The Bertz CT molecular complexity index is 869. The monoisotopic (exact) mass is 496 g/mol.